The first-order valence-electron chi connectivity index (χ1n) is 10.3. The number of aromatic nitrogens is 2. The Balaban J connectivity index is 1.67. The highest BCUT2D eigenvalue weighted by atomic mass is 19.1. The molecule has 3 aromatic carbocycles. The van der Waals surface area contributed by atoms with Crippen molar-refractivity contribution < 1.29 is 18.4 Å². The number of carbonyl (C=O) groups excluding carboxylic acids is 2. The predicted octanol–water partition coefficient (Wildman–Crippen LogP) is 4.13. The minimum Gasteiger partial charge on any atom is -0.366 e. The molecule has 6 nitrogen and oxygen atoms in total. The van der Waals surface area contributed by atoms with E-state index < -0.39 is 29.0 Å². The van der Waals surface area contributed by atoms with Crippen LogP contribution in [0.5, 0.6) is 0 Å². The van der Waals surface area contributed by atoms with Crippen molar-refractivity contribution in [2.75, 3.05) is 0 Å². The molecule has 0 bridgehead atoms. The lowest BCUT2D eigenvalue weighted by molar-refractivity contribution is 0.0907. The van der Waals surface area contributed by atoms with Crippen molar-refractivity contribution in [1.29, 1.82) is 0 Å². The maximum Gasteiger partial charge on any atom is 0.273 e. The van der Waals surface area contributed by atoms with Gasteiger partial charge in [-0.3, -0.25) is 14.3 Å². The molecular formula is C25H22F2N4O2. The second kappa shape index (κ2) is 8.46. The van der Waals surface area contributed by atoms with Crippen LogP contribution in [0.15, 0.2) is 66.7 Å². The van der Waals surface area contributed by atoms with Crippen molar-refractivity contribution in [3.8, 4) is 0 Å². The number of nitrogens with one attached hydrogen (secondary N) is 1. The van der Waals surface area contributed by atoms with Crippen LogP contribution in [0.3, 0.4) is 0 Å². The van der Waals surface area contributed by atoms with E-state index in [0.717, 1.165) is 6.07 Å². The van der Waals surface area contributed by atoms with Crippen molar-refractivity contribution in [2.24, 2.45) is 5.73 Å². The van der Waals surface area contributed by atoms with E-state index in [-0.39, 0.29) is 17.8 Å². The number of halogens is 2. The first kappa shape index (κ1) is 22.1. The van der Waals surface area contributed by atoms with Crippen molar-refractivity contribution >= 4 is 22.7 Å². The molecule has 3 N–H and O–H groups in total. The monoisotopic (exact) mass is 448 g/mol. The SMILES string of the molecule is CC(C)(NC(=O)c1nn(Cc2ccc(F)cc2F)c2ccccc12)c1cccc(C(N)=O)c1. The van der Waals surface area contributed by atoms with Gasteiger partial charge in [-0.2, -0.15) is 5.10 Å². The zero-order valence-corrected chi connectivity index (χ0v) is 18.1. The van der Waals surface area contributed by atoms with Crippen LogP contribution in [-0.2, 0) is 12.1 Å². The number of para-hydroxylation sites is 1. The molecule has 0 aliphatic rings. The van der Waals surface area contributed by atoms with Gasteiger partial charge in [0.2, 0.25) is 5.91 Å². The fourth-order valence-electron chi connectivity index (χ4n) is 3.70. The van der Waals surface area contributed by atoms with Gasteiger partial charge >= 0.3 is 0 Å². The van der Waals surface area contributed by atoms with E-state index in [1.165, 1.54) is 16.8 Å². The highest BCUT2D eigenvalue weighted by Crippen LogP contribution is 2.25. The molecule has 0 spiro atoms. The topological polar surface area (TPSA) is 90.0 Å². The standard InChI is InChI=1S/C25H22F2N4O2/c1-25(2,17-7-5-6-15(12-17)23(28)32)29-24(33)22-19-8-3-4-9-21(19)31(30-22)14-16-10-11-18(26)13-20(16)27/h3-13H,14H2,1-2H3,(H2,28,32)(H,29,33). The van der Waals surface area contributed by atoms with Crippen molar-refractivity contribution in [2.45, 2.75) is 25.9 Å². The van der Waals surface area contributed by atoms with Gasteiger partial charge in [-0.1, -0.05) is 36.4 Å². The van der Waals surface area contributed by atoms with Crippen LogP contribution in [0.4, 0.5) is 8.78 Å². The number of nitrogens with zero attached hydrogens (tertiary/aromatic N) is 2. The Labute approximate surface area is 189 Å². The molecule has 4 rings (SSSR count). The summed E-state index contributed by atoms with van der Waals surface area (Å²) in [6.07, 6.45) is 0. The van der Waals surface area contributed by atoms with Gasteiger partial charge in [-0.15, -0.1) is 0 Å². The number of hydrogen-bond donors (Lipinski definition) is 2. The average Bonchev–Trinajstić information content (AvgIpc) is 3.14. The molecule has 0 aliphatic carbocycles. The van der Waals surface area contributed by atoms with Crippen LogP contribution in [0.1, 0.15) is 45.8 Å². The normalized spacial score (nSPS) is 11.5. The molecule has 0 atom stereocenters. The summed E-state index contributed by atoms with van der Waals surface area (Å²) in [6.45, 7) is 3.64. The predicted molar refractivity (Wildman–Crippen MR) is 121 cm³/mol. The van der Waals surface area contributed by atoms with Gasteiger partial charge in [-0.05, 0) is 43.7 Å². The van der Waals surface area contributed by atoms with Gasteiger partial charge < -0.3 is 11.1 Å². The van der Waals surface area contributed by atoms with E-state index in [1.807, 2.05) is 0 Å². The minimum atomic E-state index is -0.837. The minimum absolute atomic E-state index is 0.0317. The Morgan fingerprint density at radius 2 is 1.79 bits per heavy atom. The maximum atomic E-state index is 14.2. The molecule has 33 heavy (non-hydrogen) atoms. The highest BCUT2D eigenvalue weighted by Gasteiger charge is 2.27. The molecule has 0 radical (unpaired) electrons. The second-order valence-electron chi connectivity index (χ2n) is 8.28. The fourth-order valence-corrected chi connectivity index (χ4v) is 3.70. The Morgan fingerprint density at radius 1 is 1.03 bits per heavy atom. The summed E-state index contributed by atoms with van der Waals surface area (Å²) in [6, 6.07) is 17.2. The smallest absolute Gasteiger partial charge is 0.273 e. The summed E-state index contributed by atoms with van der Waals surface area (Å²) in [4.78, 5) is 24.8. The molecule has 0 unspecified atom stereocenters. The molecule has 0 fully saturated rings. The lowest BCUT2D eigenvalue weighted by Gasteiger charge is -2.27. The van der Waals surface area contributed by atoms with E-state index in [2.05, 4.69) is 10.4 Å². The first-order chi connectivity index (χ1) is 15.7. The van der Waals surface area contributed by atoms with Gasteiger partial charge in [0.25, 0.3) is 5.91 Å². The third kappa shape index (κ3) is 4.45. The van der Waals surface area contributed by atoms with Gasteiger partial charge in [0.05, 0.1) is 17.6 Å². The van der Waals surface area contributed by atoms with Crippen LogP contribution in [0.2, 0.25) is 0 Å². The average molecular weight is 448 g/mol. The zero-order valence-electron chi connectivity index (χ0n) is 18.1. The molecule has 0 saturated carbocycles. The number of carbonyl (C=O) groups is 2. The number of hydrogen-bond acceptors (Lipinski definition) is 3. The Kier molecular flexibility index (Phi) is 5.68. The fraction of sp³-hybridized carbons (Fsp3) is 0.160. The maximum absolute atomic E-state index is 14.2. The van der Waals surface area contributed by atoms with E-state index in [1.54, 1.807) is 62.4 Å². The lowest BCUT2D eigenvalue weighted by atomic mass is 9.92. The van der Waals surface area contributed by atoms with Gasteiger partial charge in [0.15, 0.2) is 5.69 Å². The summed E-state index contributed by atoms with van der Waals surface area (Å²) in [5.41, 5.74) is 6.64. The van der Waals surface area contributed by atoms with Crippen LogP contribution in [0, 0.1) is 11.6 Å². The third-order valence-corrected chi connectivity index (χ3v) is 5.50. The number of benzene rings is 3. The zero-order chi connectivity index (χ0) is 23.8. The van der Waals surface area contributed by atoms with Gasteiger partial charge in [-0.25, -0.2) is 8.78 Å². The number of fused-ring (bicyclic) bond motifs is 1. The summed E-state index contributed by atoms with van der Waals surface area (Å²) < 4.78 is 29.0. The quantitative estimate of drug-likeness (QED) is 0.465. The largest absolute Gasteiger partial charge is 0.366 e. The summed E-state index contributed by atoms with van der Waals surface area (Å²) in [5, 5.41) is 7.99. The molecule has 1 aromatic heterocycles. The molecule has 4 aromatic rings. The van der Waals surface area contributed by atoms with Crippen LogP contribution in [0.25, 0.3) is 10.9 Å². The van der Waals surface area contributed by atoms with E-state index in [9.17, 15) is 18.4 Å². The third-order valence-electron chi connectivity index (χ3n) is 5.50. The van der Waals surface area contributed by atoms with E-state index in [4.69, 9.17) is 5.73 Å². The van der Waals surface area contributed by atoms with Crippen LogP contribution >= 0.6 is 0 Å². The molecular weight excluding hydrogens is 426 g/mol. The van der Waals surface area contributed by atoms with Crippen molar-refractivity contribution in [3.05, 3.63) is 101 Å². The summed E-state index contributed by atoms with van der Waals surface area (Å²) in [7, 11) is 0. The molecule has 168 valence electrons. The molecule has 1 heterocycles. The van der Waals surface area contributed by atoms with E-state index in [0.29, 0.717) is 22.0 Å². The number of rotatable bonds is 6. The van der Waals surface area contributed by atoms with Gasteiger partial charge in [0, 0.05) is 22.6 Å². The van der Waals surface area contributed by atoms with Crippen molar-refractivity contribution in [3.63, 3.8) is 0 Å². The molecule has 0 saturated heterocycles. The Hall–Kier alpha value is -4.07. The Bertz CT molecular complexity index is 1380. The lowest BCUT2D eigenvalue weighted by Crippen LogP contribution is -2.41. The van der Waals surface area contributed by atoms with E-state index >= 15 is 0 Å². The number of nitrogens with two attached hydrogens (primary N) is 1. The summed E-state index contributed by atoms with van der Waals surface area (Å²) >= 11 is 0. The molecule has 2 amide bonds. The molecule has 0 aliphatic heterocycles. The van der Waals surface area contributed by atoms with Crippen molar-refractivity contribution in [1.82, 2.24) is 15.1 Å². The Morgan fingerprint density at radius 3 is 2.52 bits per heavy atom. The number of amides is 2. The number of primary amides is 1. The summed E-state index contributed by atoms with van der Waals surface area (Å²) in [5.74, 6) is -2.34. The first-order valence-corrected chi connectivity index (χ1v) is 10.3. The highest BCUT2D eigenvalue weighted by molar-refractivity contribution is 6.05. The van der Waals surface area contributed by atoms with Gasteiger partial charge in [0.1, 0.15) is 11.6 Å². The molecule has 8 heteroatoms. The van der Waals surface area contributed by atoms with Crippen LogP contribution in [-0.4, -0.2) is 21.6 Å². The second-order valence-corrected chi connectivity index (χ2v) is 8.28. The van der Waals surface area contributed by atoms with Crippen LogP contribution < -0.4 is 11.1 Å².